The summed E-state index contributed by atoms with van der Waals surface area (Å²) in [5.74, 6) is 1.66. The Morgan fingerprint density at radius 2 is 1.89 bits per heavy atom. The summed E-state index contributed by atoms with van der Waals surface area (Å²) in [5.41, 5.74) is 7.13. The first-order chi connectivity index (χ1) is 9.04. The SMILES string of the molecule is CCCc1c(N)ncnc1N1CC(C)N(C)C(C)C1. The molecule has 2 unspecified atom stereocenters. The molecule has 2 rings (SSSR count). The van der Waals surface area contributed by atoms with Gasteiger partial charge in [-0.25, -0.2) is 9.97 Å². The van der Waals surface area contributed by atoms with Crippen LogP contribution in [0.5, 0.6) is 0 Å². The molecule has 0 spiro atoms. The average Bonchev–Trinajstić information content (AvgIpc) is 2.38. The molecule has 106 valence electrons. The Balaban J connectivity index is 2.29. The quantitative estimate of drug-likeness (QED) is 0.896. The first-order valence-corrected chi connectivity index (χ1v) is 7.10. The number of nitrogen functional groups attached to an aromatic ring is 1. The van der Waals surface area contributed by atoms with Gasteiger partial charge in [0.25, 0.3) is 0 Å². The normalized spacial score (nSPS) is 24.7. The highest BCUT2D eigenvalue weighted by molar-refractivity contribution is 5.57. The molecule has 1 saturated heterocycles. The van der Waals surface area contributed by atoms with Crippen molar-refractivity contribution >= 4 is 11.6 Å². The molecule has 1 aromatic heterocycles. The molecule has 0 radical (unpaired) electrons. The van der Waals surface area contributed by atoms with Crippen LogP contribution in [0.1, 0.15) is 32.8 Å². The van der Waals surface area contributed by atoms with E-state index in [1.165, 1.54) is 0 Å². The molecule has 2 N–H and O–H groups in total. The fourth-order valence-corrected chi connectivity index (χ4v) is 2.76. The maximum atomic E-state index is 6.02. The zero-order valence-corrected chi connectivity index (χ0v) is 12.4. The van der Waals surface area contributed by atoms with Gasteiger partial charge in [-0.05, 0) is 27.3 Å². The maximum Gasteiger partial charge on any atom is 0.137 e. The molecule has 5 heteroatoms. The van der Waals surface area contributed by atoms with Crippen molar-refractivity contribution < 1.29 is 0 Å². The van der Waals surface area contributed by atoms with Crippen LogP contribution < -0.4 is 10.6 Å². The third-order valence-electron chi connectivity index (χ3n) is 4.12. The predicted octanol–water partition coefficient (Wildman–Crippen LogP) is 1.54. The highest BCUT2D eigenvalue weighted by Gasteiger charge is 2.28. The van der Waals surface area contributed by atoms with E-state index in [1.54, 1.807) is 6.33 Å². The van der Waals surface area contributed by atoms with Crippen LogP contribution >= 0.6 is 0 Å². The molecular weight excluding hydrogens is 238 g/mol. The first kappa shape index (κ1) is 14.1. The molecule has 1 aromatic rings. The first-order valence-electron chi connectivity index (χ1n) is 7.10. The van der Waals surface area contributed by atoms with Crippen LogP contribution in [0.3, 0.4) is 0 Å². The minimum absolute atomic E-state index is 0.523. The molecule has 1 fully saturated rings. The van der Waals surface area contributed by atoms with E-state index in [2.05, 4.69) is 47.6 Å². The second-order valence-corrected chi connectivity index (χ2v) is 5.58. The molecule has 0 saturated carbocycles. The van der Waals surface area contributed by atoms with E-state index in [9.17, 15) is 0 Å². The van der Waals surface area contributed by atoms with Crippen molar-refractivity contribution in [2.45, 2.75) is 45.7 Å². The molecule has 5 nitrogen and oxygen atoms in total. The Hall–Kier alpha value is -1.36. The number of rotatable bonds is 3. The lowest BCUT2D eigenvalue weighted by atomic mass is 10.1. The lowest BCUT2D eigenvalue weighted by Gasteiger charge is -2.43. The fourth-order valence-electron chi connectivity index (χ4n) is 2.76. The van der Waals surface area contributed by atoms with Crippen LogP contribution in [-0.4, -0.2) is 47.1 Å². The van der Waals surface area contributed by atoms with Gasteiger partial charge in [-0.2, -0.15) is 0 Å². The Morgan fingerprint density at radius 1 is 1.26 bits per heavy atom. The molecule has 0 aromatic carbocycles. The van der Waals surface area contributed by atoms with Gasteiger partial charge in [0.2, 0.25) is 0 Å². The van der Waals surface area contributed by atoms with Crippen molar-refractivity contribution in [2.75, 3.05) is 30.8 Å². The molecule has 1 aliphatic rings. The van der Waals surface area contributed by atoms with Gasteiger partial charge in [0.1, 0.15) is 18.0 Å². The van der Waals surface area contributed by atoms with E-state index < -0.39 is 0 Å². The summed E-state index contributed by atoms with van der Waals surface area (Å²) < 4.78 is 0. The molecule has 1 aliphatic heterocycles. The molecule has 2 heterocycles. The minimum Gasteiger partial charge on any atom is -0.383 e. The van der Waals surface area contributed by atoms with Gasteiger partial charge >= 0.3 is 0 Å². The van der Waals surface area contributed by atoms with Crippen LogP contribution in [-0.2, 0) is 6.42 Å². The van der Waals surface area contributed by atoms with Crippen LogP contribution in [0.2, 0.25) is 0 Å². The summed E-state index contributed by atoms with van der Waals surface area (Å²) in [6, 6.07) is 1.05. The van der Waals surface area contributed by atoms with Crippen molar-refractivity contribution in [1.82, 2.24) is 14.9 Å². The third-order valence-corrected chi connectivity index (χ3v) is 4.12. The predicted molar refractivity (Wildman–Crippen MR) is 79.3 cm³/mol. The zero-order chi connectivity index (χ0) is 14.0. The number of piperazine rings is 1. The van der Waals surface area contributed by atoms with Gasteiger partial charge in [0.15, 0.2) is 0 Å². The van der Waals surface area contributed by atoms with Crippen molar-refractivity contribution in [2.24, 2.45) is 0 Å². The van der Waals surface area contributed by atoms with Crippen molar-refractivity contribution in [1.29, 1.82) is 0 Å². The van der Waals surface area contributed by atoms with E-state index in [4.69, 9.17) is 5.73 Å². The number of likely N-dealkylation sites (N-methyl/N-ethyl adjacent to an activating group) is 1. The topological polar surface area (TPSA) is 58.3 Å². The van der Waals surface area contributed by atoms with E-state index in [1.807, 2.05) is 0 Å². The number of nitrogens with zero attached hydrogens (tertiary/aromatic N) is 4. The Labute approximate surface area is 115 Å². The lowest BCUT2D eigenvalue weighted by Crippen LogP contribution is -2.55. The highest BCUT2D eigenvalue weighted by atomic mass is 15.3. The fraction of sp³-hybridized carbons (Fsp3) is 0.714. The summed E-state index contributed by atoms with van der Waals surface area (Å²) in [6.07, 6.45) is 3.58. The van der Waals surface area contributed by atoms with E-state index >= 15 is 0 Å². The van der Waals surface area contributed by atoms with Gasteiger partial charge < -0.3 is 10.6 Å². The largest absolute Gasteiger partial charge is 0.383 e. The Bertz CT molecular complexity index is 422. The second-order valence-electron chi connectivity index (χ2n) is 5.58. The molecule has 0 bridgehead atoms. The monoisotopic (exact) mass is 263 g/mol. The second kappa shape index (κ2) is 5.74. The standard InChI is InChI=1S/C14H25N5/c1-5-6-12-13(15)16-9-17-14(12)19-7-10(2)18(4)11(3)8-19/h9-11H,5-8H2,1-4H3,(H2,15,16,17). The van der Waals surface area contributed by atoms with Crippen LogP contribution in [0.4, 0.5) is 11.6 Å². The van der Waals surface area contributed by atoms with Gasteiger partial charge in [0.05, 0.1) is 0 Å². The van der Waals surface area contributed by atoms with Crippen LogP contribution in [0.15, 0.2) is 6.33 Å². The van der Waals surface area contributed by atoms with Crippen molar-refractivity contribution in [3.05, 3.63) is 11.9 Å². The van der Waals surface area contributed by atoms with Crippen molar-refractivity contribution in [3.63, 3.8) is 0 Å². The van der Waals surface area contributed by atoms with Gasteiger partial charge in [-0.15, -0.1) is 0 Å². The number of nitrogens with two attached hydrogens (primary N) is 1. The van der Waals surface area contributed by atoms with E-state index in [-0.39, 0.29) is 0 Å². The number of aromatic nitrogens is 2. The van der Waals surface area contributed by atoms with Crippen LogP contribution in [0, 0.1) is 0 Å². The third kappa shape index (κ3) is 2.81. The Morgan fingerprint density at radius 3 is 2.47 bits per heavy atom. The minimum atomic E-state index is 0.523. The number of hydrogen-bond acceptors (Lipinski definition) is 5. The van der Waals surface area contributed by atoms with E-state index in [0.29, 0.717) is 17.9 Å². The number of hydrogen-bond donors (Lipinski definition) is 1. The molecule has 0 amide bonds. The van der Waals surface area contributed by atoms with Crippen molar-refractivity contribution in [3.8, 4) is 0 Å². The molecule has 19 heavy (non-hydrogen) atoms. The summed E-state index contributed by atoms with van der Waals surface area (Å²) in [6.45, 7) is 8.66. The van der Waals surface area contributed by atoms with Gasteiger partial charge in [0, 0.05) is 30.7 Å². The molecule has 2 atom stereocenters. The number of anilines is 2. The maximum absolute atomic E-state index is 6.02. The van der Waals surface area contributed by atoms with Gasteiger partial charge in [-0.3, -0.25) is 4.90 Å². The van der Waals surface area contributed by atoms with Gasteiger partial charge in [-0.1, -0.05) is 13.3 Å². The summed E-state index contributed by atoms with van der Waals surface area (Å²) in [5, 5.41) is 0. The molecule has 0 aliphatic carbocycles. The van der Waals surface area contributed by atoms with Crippen LogP contribution in [0.25, 0.3) is 0 Å². The molecular formula is C14H25N5. The Kier molecular flexibility index (Phi) is 4.24. The summed E-state index contributed by atoms with van der Waals surface area (Å²) in [7, 11) is 2.19. The average molecular weight is 263 g/mol. The highest BCUT2D eigenvalue weighted by Crippen LogP contribution is 2.26. The smallest absolute Gasteiger partial charge is 0.137 e. The van der Waals surface area contributed by atoms with E-state index in [0.717, 1.165) is 37.3 Å². The summed E-state index contributed by atoms with van der Waals surface area (Å²) in [4.78, 5) is 13.4. The zero-order valence-electron chi connectivity index (χ0n) is 12.4. The lowest BCUT2D eigenvalue weighted by molar-refractivity contribution is 0.169. The summed E-state index contributed by atoms with van der Waals surface area (Å²) >= 11 is 0.